The molecule has 184 valence electrons. The third-order valence-electron chi connectivity index (χ3n) is 5.91. The summed E-state index contributed by atoms with van der Waals surface area (Å²) in [5.41, 5.74) is 7.28. The molecule has 6 nitrogen and oxygen atoms in total. The lowest BCUT2D eigenvalue weighted by molar-refractivity contribution is 0.307. The summed E-state index contributed by atoms with van der Waals surface area (Å²) in [6.07, 6.45) is 0. The number of nitrogens with two attached hydrogens (primary N) is 1. The molecule has 34 heavy (non-hydrogen) atoms. The van der Waals surface area contributed by atoms with E-state index in [-0.39, 0.29) is 22.3 Å². The van der Waals surface area contributed by atoms with E-state index in [9.17, 15) is 8.42 Å². The van der Waals surface area contributed by atoms with E-state index in [1.54, 1.807) is 12.1 Å². The predicted molar refractivity (Wildman–Crippen MR) is 143 cm³/mol. The third-order valence-corrected chi connectivity index (χ3v) is 13.3. The zero-order valence-electron chi connectivity index (χ0n) is 20.4. The molecule has 9 heteroatoms. The number of sulfonamides is 1. The maximum Gasteiger partial charge on any atom is 0.250 e. The Labute approximate surface area is 208 Å². The predicted octanol–water partition coefficient (Wildman–Crippen LogP) is 5.62. The fourth-order valence-corrected chi connectivity index (χ4v) is 6.43. The number of ether oxygens (including phenoxy) is 1. The molecule has 3 N–H and O–H groups in total. The van der Waals surface area contributed by atoms with Gasteiger partial charge in [0.25, 0.3) is 0 Å². The van der Waals surface area contributed by atoms with Gasteiger partial charge in [0.05, 0.1) is 0 Å². The van der Waals surface area contributed by atoms with Crippen molar-refractivity contribution in [2.45, 2.75) is 49.7 Å². The minimum absolute atomic E-state index is 0.116. The lowest BCUT2D eigenvalue weighted by Gasteiger charge is -2.36. The van der Waals surface area contributed by atoms with Gasteiger partial charge in [0, 0.05) is 23.5 Å². The molecule has 1 aromatic heterocycles. The second-order valence-corrected chi connectivity index (χ2v) is 17.4. The molecule has 0 amide bonds. The van der Waals surface area contributed by atoms with Crippen LogP contribution in [-0.4, -0.2) is 29.8 Å². The van der Waals surface area contributed by atoms with Crippen LogP contribution in [-0.2, 0) is 16.6 Å². The summed E-state index contributed by atoms with van der Waals surface area (Å²) >= 11 is 1.20. The molecule has 0 bridgehead atoms. The highest BCUT2D eigenvalue weighted by Gasteiger charge is 2.38. The molecule has 0 aliphatic rings. The van der Waals surface area contributed by atoms with Crippen molar-refractivity contribution >= 4 is 29.7 Å². The fraction of sp³-hybridized carbons (Fsp3) is 0.360. The molecule has 0 unspecified atom stereocenters. The van der Waals surface area contributed by atoms with Crippen LogP contribution in [0.1, 0.15) is 26.3 Å². The van der Waals surface area contributed by atoms with Crippen LogP contribution in [0.25, 0.3) is 10.4 Å². The molecule has 0 saturated carbocycles. The molecule has 0 atom stereocenters. The zero-order valence-corrected chi connectivity index (χ0v) is 23.1. The van der Waals surface area contributed by atoms with E-state index in [1.807, 2.05) is 48.5 Å². The van der Waals surface area contributed by atoms with Gasteiger partial charge in [0.1, 0.15) is 22.3 Å². The molecular formula is C25H34N2O4S2Si. The van der Waals surface area contributed by atoms with Gasteiger partial charge in [-0.2, -0.15) is 0 Å². The molecule has 2 aromatic carbocycles. The molecule has 1 heterocycles. The Kier molecular flexibility index (Phi) is 8.25. The lowest BCUT2D eigenvalue weighted by atomic mass is 10.1. The fourth-order valence-electron chi connectivity index (χ4n) is 2.98. The third kappa shape index (κ3) is 6.48. The number of benzene rings is 2. The number of hydrogen-bond acceptors (Lipinski definition) is 6. The van der Waals surface area contributed by atoms with Crippen molar-refractivity contribution in [1.29, 1.82) is 0 Å². The van der Waals surface area contributed by atoms with Gasteiger partial charge >= 0.3 is 0 Å². The van der Waals surface area contributed by atoms with Crippen molar-refractivity contribution in [3.05, 3.63) is 66.2 Å². The van der Waals surface area contributed by atoms with Crippen LogP contribution in [0.2, 0.25) is 18.1 Å². The average molecular weight is 519 g/mol. The standard InChI is InChI=1S/C25H34N2O4S2Si/c1-25(2,3)34(4,5)31-20-10-8-9-19(17-20)18-30-22-12-7-6-11-21(22)23-13-14-24(32-23)33(28,29)27-16-15-26/h6-14,17,27H,15-16,18,26H2,1-5H3. The summed E-state index contributed by atoms with van der Waals surface area (Å²) in [6.45, 7) is 11.9. The van der Waals surface area contributed by atoms with Crippen LogP contribution < -0.4 is 19.6 Å². The summed E-state index contributed by atoms with van der Waals surface area (Å²) in [6, 6.07) is 19.1. The van der Waals surface area contributed by atoms with E-state index in [1.165, 1.54) is 11.3 Å². The minimum Gasteiger partial charge on any atom is -0.543 e. The van der Waals surface area contributed by atoms with Crippen molar-refractivity contribution in [1.82, 2.24) is 4.72 Å². The van der Waals surface area contributed by atoms with Gasteiger partial charge in [-0.3, -0.25) is 0 Å². The molecule has 0 spiro atoms. The highest BCUT2D eigenvalue weighted by atomic mass is 32.2. The molecule has 0 saturated heterocycles. The van der Waals surface area contributed by atoms with Crippen LogP contribution in [0.15, 0.2) is 64.9 Å². The highest BCUT2D eigenvalue weighted by molar-refractivity contribution is 7.91. The van der Waals surface area contributed by atoms with Gasteiger partial charge in [-0.05, 0) is 60.1 Å². The summed E-state index contributed by atoms with van der Waals surface area (Å²) in [4.78, 5) is 0.818. The van der Waals surface area contributed by atoms with Gasteiger partial charge in [0.15, 0.2) is 0 Å². The van der Waals surface area contributed by atoms with Gasteiger partial charge in [-0.15, -0.1) is 11.3 Å². The first-order valence-electron chi connectivity index (χ1n) is 11.2. The Balaban J connectivity index is 1.76. The van der Waals surface area contributed by atoms with E-state index < -0.39 is 18.3 Å². The molecule has 3 aromatic rings. The molecule has 3 rings (SSSR count). The summed E-state index contributed by atoms with van der Waals surface area (Å²) < 4.78 is 40.2. The van der Waals surface area contributed by atoms with Crippen molar-refractivity contribution in [2.75, 3.05) is 13.1 Å². The van der Waals surface area contributed by atoms with Gasteiger partial charge < -0.3 is 14.9 Å². The van der Waals surface area contributed by atoms with Crippen molar-refractivity contribution < 1.29 is 17.6 Å². The molecular weight excluding hydrogens is 485 g/mol. The summed E-state index contributed by atoms with van der Waals surface area (Å²) in [7, 11) is -5.50. The van der Waals surface area contributed by atoms with E-state index in [4.69, 9.17) is 14.9 Å². The monoisotopic (exact) mass is 518 g/mol. The Bertz CT molecular complexity index is 1220. The normalized spacial score (nSPS) is 12.5. The summed E-state index contributed by atoms with van der Waals surface area (Å²) in [5.74, 6) is 1.55. The first kappa shape index (κ1) is 26.4. The van der Waals surface area contributed by atoms with Crippen LogP contribution in [0.5, 0.6) is 11.5 Å². The Hall–Kier alpha value is -2.17. The Morgan fingerprint density at radius 3 is 2.47 bits per heavy atom. The topological polar surface area (TPSA) is 90.6 Å². The van der Waals surface area contributed by atoms with Gasteiger partial charge in [-0.25, -0.2) is 13.1 Å². The minimum atomic E-state index is -3.57. The van der Waals surface area contributed by atoms with Crippen molar-refractivity contribution in [3.63, 3.8) is 0 Å². The van der Waals surface area contributed by atoms with E-state index >= 15 is 0 Å². The van der Waals surface area contributed by atoms with E-state index in [0.717, 1.165) is 21.8 Å². The van der Waals surface area contributed by atoms with Crippen molar-refractivity contribution in [2.24, 2.45) is 5.73 Å². The Morgan fingerprint density at radius 1 is 1.03 bits per heavy atom. The highest BCUT2D eigenvalue weighted by Crippen LogP contribution is 2.38. The maximum absolute atomic E-state index is 12.4. The first-order chi connectivity index (χ1) is 15.9. The summed E-state index contributed by atoms with van der Waals surface area (Å²) in [5, 5.41) is 0.116. The van der Waals surface area contributed by atoms with E-state index in [2.05, 4.69) is 38.6 Å². The second-order valence-electron chi connectivity index (χ2n) is 9.60. The second kappa shape index (κ2) is 10.6. The number of thiophene rings is 1. The van der Waals surface area contributed by atoms with Crippen LogP contribution in [0.4, 0.5) is 0 Å². The van der Waals surface area contributed by atoms with E-state index in [0.29, 0.717) is 12.4 Å². The first-order valence-corrected chi connectivity index (χ1v) is 16.4. The SMILES string of the molecule is CC(C)(C)[Si](C)(C)Oc1cccc(COc2ccccc2-c2ccc(S(=O)(=O)NCCN)s2)c1. The zero-order chi connectivity index (χ0) is 25.0. The van der Waals surface area contributed by atoms with Gasteiger partial charge in [0.2, 0.25) is 18.3 Å². The number of para-hydroxylation sites is 1. The van der Waals surface area contributed by atoms with Crippen LogP contribution in [0, 0.1) is 0 Å². The maximum atomic E-state index is 12.4. The quantitative estimate of drug-likeness (QED) is 0.340. The van der Waals surface area contributed by atoms with Gasteiger partial charge in [-0.1, -0.05) is 45.0 Å². The number of rotatable bonds is 10. The largest absolute Gasteiger partial charge is 0.543 e. The lowest BCUT2D eigenvalue weighted by Crippen LogP contribution is -2.43. The molecule has 0 aliphatic heterocycles. The average Bonchev–Trinajstić information content (AvgIpc) is 3.27. The smallest absolute Gasteiger partial charge is 0.250 e. The number of hydrogen-bond donors (Lipinski definition) is 2. The molecule has 0 aliphatic carbocycles. The van der Waals surface area contributed by atoms with Crippen LogP contribution in [0.3, 0.4) is 0 Å². The van der Waals surface area contributed by atoms with Crippen LogP contribution >= 0.6 is 11.3 Å². The Morgan fingerprint density at radius 2 is 1.76 bits per heavy atom. The molecule has 0 fully saturated rings. The van der Waals surface area contributed by atoms with Crippen molar-refractivity contribution in [3.8, 4) is 21.9 Å². The molecule has 0 radical (unpaired) electrons. The number of nitrogens with one attached hydrogen (secondary N) is 1.